The Hall–Kier alpha value is -11.1. The van der Waals surface area contributed by atoms with E-state index >= 15 is 9.59 Å². The standard InChI is InChI=1S/C62H82N20O13S/c63-49(83)31-73-53(88)43(24-35-12-3-1-4-13-35)78-54(89)41(18-9-21-69-61(64)65)77-59(94)47(28-52(86)87)81-60(95)48-33-96-23-11-20-50(84)72-32-51(85)75-46(27-38-30-68-34-74-38)58(93)79-44(25-36-14-5-2-6-15-36)56(91)76-42(19-10-22-70-62(66)67)55(90)80-45(57(92)82-48)26-37-29-71-40-17-8-7-16-39(37)40/h1-8,12-17,29-30,34,41-48,71H,9-11,18-28,31-33H2,(H2,63,83)(H,68,74)(H,72,84)(H,73,88)(H,75,85)(H,76,91)(H,77,94)(H,78,89)(H,79,93)(H,80,90)(H,81,95)(H,82,92)(H,86,87)(H4,64,65,69)(H4,66,67,70)/t41-,42-,43-,44-,45-,46-,47-,48-/m0/s1. The van der Waals surface area contributed by atoms with Crippen molar-refractivity contribution in [2.45, 2.75) is 119 Å². The number of carboxylic acid groups (broad SMARTS) is 1. The summed E-state index contributed by atoms with van der Waals surface area (Å²) in [5.41, 5.74) is 30.4. The molecule has 6 rings (SSSR count). The first-order valence-electron chi connectivity index (χ1n) is 30.8. The van der Waals surface area contributed by atoms with Crippen molar-refractivity contribution in [2.75, 3.05) is 37.7 Å². The van der Waals surface area contributed by atoms with E-state index in [2.05, 4.69) is 78.1 Å². The Labute approximate surface area is 555 Å². The highest BCUT2D eigenvalue weighted by atomic mass is 32.2. The molecule has 3 aromatic carbocycles. The summed E-state index contributed by atoms with van der Waals surface area (Å²) in [5.74, 6) is -12.2. The molecule has 0 spiro atoms. The van der Waals surface area contributed by atoms with E-state index in [-0.39, 0.29) is 101 Å². The van der Waals surface area contributed by atoms with E-state index in [1.807, 2.05) is 0 Å². The number of fused-ring (bicyclic) bond motifs is 1. The Bertz CT molecular complexity index is 3550. The van der Waals surface area contributed by atoms with Crippen LogP contribution in [0.25, 0.3) is 10.9 Å². The fourth-order valence-corrected chi connectivity index (χ4v) is 11.0. The monoisotopic (exact) mass is 1350 g/mol. The number of hydrogen-bond acceptors (Lipinski definition) is 16. The van der Waals surface area contributed by atoms with E-state index in [0.29, 0.717) is 33.3 Å². The lowest BCUT2D eigenvalue weighted by Crippen LogP contribution is -2.61. The molecule has 514 valence electrons. The van der Waals surface area contributed by atoms with Crippen molar-refractivity contribution in [3.05, 3.63) is 126 Å². The number of hydrogen-bond donors (Lipinski definition) is 18. The number of rotatable bonds is 27. The van der Waals surface area contributed by atoms with Gasteiger partial charge in [0, 0.05) is 79.9 Å². The minimum atomic E-state index is -1.97. The van der Waals surface area contributed by atoms with Gasteiger partial charge in [0.25, 0.3) is 0 Å². The third-order valence-electron chi connectivity index (χ3n) is 14.9. The number of H-pyrrole nitrogens is 2. The predicted octanol–water partition coefficient (Wildman–Crippen LogP) is -4.13. The van der Waals surface area contributed by atoms with Crippen LogP contribution in [0.2, 0.25) is 0 Å². The van der Waals surface area contributed by atoms with Crippen LogP contribution in [0.4, 0.5) is 0 Å². The number of carbonyl (C=O) groups is 12. The first kappa shape index (κ1) is 74.0. The normalized spacial score (nSPS) is 18.7. The average Bonchev–Trinajstić information content (AvgIpc) is 1.59. The molecule has 3 heterocycles. The number of primary amides is 1. The van der Waals surface area contributed by atoms with Gasteiger partial charge in [-0.15, -0.1) is 0 Å². The smallest absolute Gasteiger partial charge is 0.305 e. The molecular weight excluding hydrogens is 1260 g/mol. The number of thioether (sulfide) groups is 1. The van der Waals surface area contributed by atoms with Crippen molar-refractivity contribution in [1.29, 1.82) is 0 Å². The number of imidazole rings is 1. The quantitative estimate of drug-likeness (QED) is 0.0135. The van der Waals surface area contributed by atoms with Gasteiger partial charge >= 0.3 is 5.97 Å². The number of carboxylic acids is 1. The zero-order chi connectivity index (χ0) is 69.5. The molecule has 23 N–H and O–H groups in total. The van der Waals surface area contributed by atoms with Crippen molar-refractivity contribution >= 4 is 106 Å². The molecule has 1 aliphatic heterocycles. The van der Waals surface area contributed by atoms with Crippen LogP contribution in [0.3, 0.4) is 0 Å². The molecular formula is C62H82N20O13S. The lowest BCUT2D eigenvalue weighted by molar-refractivity contribution is -0.141. The molecule has 5 aromatic rings. The predicted molar refractivity (Wildman–Crippen MR) is 354 cm³/mol. The van der Waals surface area contributed by atoms with Gasteiger partial charge in [-0.2, -0.15) is 11.8 Å². The second kappa shape index (κ2) is 38.2. The molecule has 1 saturated heterocycles. The van der Waals surface area contributed by atoms with Gasteiger partial charge in [0.1, 0.15) is 48.3 Å². The van der Waals surface area contributed by atoms with Crippen LogP contribution >= 0.6 is 11.8 Å². The average molecular weight is 1350 g/mol. The zero-order valence-corrected chi connectivity index (χ0v) is 53.3. The van der Waals surface area contributed by atoms with E-state index in [4.69, 9.17) is 28.7 Å². The number of nitrogens with one attached hydrogen (secondary N) is 12. The fourth-order valence-electron chi connectivity index (χ4n) is 10.0. The Morgan fingerprint density at radius 2 is 1.22 bits per heavy atom. The molecule has 8 atom stereocenters. The molecule has 2 aromatic heterocycles. The van der Waals surface area contributed by atoms with Gasteiger partial charge in [0.05, 0.1) is 25.8 Å². The van der Waals surface area contributed by atoms with Crippen molar-refractivity contribution in [1.82, 2.24) is 68.1 Å². The third-order valence-corrected chi connectivity index (χ3v) is 16.0. The van der Waals surface area contributed by atoms with Crippen LogP contribution in [-0.4, -0.2) is 189 Å². The zero-order valence-electron chi connectivity index (χ0n) is 52.4. The van der Waals surface area contributed by atoms with Gasteiger partial charge in [-0.1, -0.05) is 78.9 Å². The lowest BCUT2D eigenvalue weighted by atomic mass is 10.0. The number of aliphatic imine (C=N–C) groups is 2. The number of nitrogens with zero attached hydrogens (tertiary/aromatic N) is 3. The number of amides is 11. The van der Waals surface area contributed by atoms with Crippen LogP contribution in [0.5, 0.6) is 0 Å². The molecule has 1 fully saturated rings. The highest BCUT2D eigenvalue weighted by Gasteiger charge is 2.36. The number of benzene rings is 3. The summed E-state index contributed by atoms with van der Waals surface area (Å²) < 4.78 is 0. The number of aliphatic carboxylic acids is 1. The first-order valence-corrected chi connectivity index (χ1v) is 31.9. The number of aromatic amines is 2. The number of para-hydroxylation sites is 1. The van der Waals surface area contributed by atoms with E-state index in [9.17, 15) is 53.1 Å². The Morgan fingerprint density at radius 3 is 1.88 bits per heavy atom. The SMILES string of the molecule is NC(=O)CNC(=O)[C@H](Cc1ccccc1)NC(=O)[C@H](CCCN=C(N)N)NC(=O)[C@H](CC(=O)O)NC(=O)[C@@H]1CSCCCC(=O)NCC(=O)N[C@@H](Cc2cnc[nH]2)C(=O)N[C@@H](Cc2ccccc2)C(=O)N[C@@H](CCCN=C(N)N)C(=O)N[C@@H](Cc2c[nH]c3ccccc23)C(=O)N1. The number of guanidine groups is 2. The van der Waals surface area contributed by atoms with Crippen LogP contribution in [0, 0.1) is 0 Å². The third kappa shape index (κ3) is 25.4. The minimum Gasteiger partial charge on any atom is -0.481 e. The molecule has 96 heavy (non-hydrogen) atoms. The van der Waals surface area contributed by atoms with Gasteiger partial charge in [0.15, 0.2) is 11.9 Å². The highest BCUT2D eigenvalue weighted by molar-refractivity contribution is 7.99. The summed E-state index contributed by atoms with van der Waals surface area (Å²) in [6.07, 6.45) is 2.46. The molecule has 0 saturated carbocycles. The van der Waals surface area contributed by atoms with E-state index in [1.54, 1.807) is 91.1 Å². The molecule has 0 bridgehead atoms. The number of carbonyl (C=O) groups excluding carboxylic acids is 11. The van der Waals surface area contributed by atoms with Gasteiger partial charge in [-0.05, 0) is 60.6 Å². The van der Waals surface area contributed by atoms with Crippen molar-refractivity contribution in [2.24, 2.45) is 38.7 Å². The number of aromatic nitrogens is 3. The molecule has 0 unspecified atom stereocenters. The topological polar surface area (TPSA) is 545 Å². The Balaban J connectivity index is 1.35. The molecule has 0 radical (unpaired) electrons. The molecule has 0 aliphatic carbocycles. The van der Waals surface area contributed by atoms with Crippen LogP contribution in [0.1, 0.15) is 67.3 Å². The highest BCUT2D eigenvalue weighted by Crippen LogP contribution is 2.20. The molecule has 34 heteroatoms. The summed E-state index contributed by atoms with van der Waals surface area (Å²) in [4.78, 5) is 185. The van der Waals surface area contributed by atoms with Gasteiger partial charge in [-0.3, -0.25) is 67.5 Å². The second-order valence-corrected chi connectivity index (χ2v) is 23.6. The first-order chi connectivity index (χ1) is 46.0. The Morgan fingerprint density at radius 1 is 0.625 bits per heavy atom. The van der Waals surface area contributed by atoms with Gasteiger partial charge in [0.2, 0.25) is 65.0 Å². The van der Waals surface area contributed by atoms with Crippen molar-refractivity contribution in [3.8, 4) is 0 Å². The second-order valence-electron chi connectivity index (χ2n) is 22.4. The van der Waals surface area contributed by atoms with E-state index < -0.39 is 139 Å². The maximum atomic E-state index is 15.1. The molecule has 33 nitrogen and oxygen atoms in total. The maximum absolute atomic E-state index is 15.1. The van der Waals surface area contributed by atoms with Crippen molar-refractivity contribution < 1.29 is 62.6 Å². The van der Waals surface area contributed by atoms with E-state index in [0.717, 1.165) is 11.8 Å². The summed E-state index contributed by atoms with van der Waals surface area (Å²) in [7, 11) is 0. The summed E-state index contributed by atoms with van der Waals surface area (Å²) >= 11 is 1.05. The fraction of sp³-hybridized carbons (Fsp3) is 0.403. The van der Waals surface area contributed by atoms with Crippen LogP contribution in [0.15, 0.2) is 114 Å². The lowest BCUT2D eigenvalue weighted by Gasteiger charge is -2.28. The number of nitrogens with two attached hydrogens (primary N) is 5. The van der Waals surface area contributed by atoms with E-state index in [1.165, 1.54) is 12.5 Å². The largest absolute Gasteiger partial charge is 0.481 e. The van der Waals surface area contributed by atoms with Gasteiger partial charge in [-0.25, -0.2) is 4.98 Å². The van der Waals surface area contributed by atoms with Crippen molar-refractivity contribution in [3.63, 3.8) is 0 Å². The summed E-state index contributed by atoms with van der Waals surface area (Å²) in [5, 5.41) is 36.8. The maximum Gasteiger partial charge on any atom is 0.305 e. The minimum absolute atomic E-state index is 0.0168. The van der Waals surface area contributed by atoms with Crippen LogP contribution < -0.4 is 81.8 Å². The van der Waals surface area contributed by atoms with Crippen LogP contribution in [-0.2, 0) is 83.2 Å². The molecule has 1 aliphatic rings. The van der Waals surface area contributed by atoms with Gasteiger partial charge < -0.3 is 96.9 Å². The summed E-state index contributed by atoms with van der Waals surface area (Å²) in [6, 6.07) is 11.8. The Kier molecular flexibility index (Phi) is 29.4. The summed E-state index contributed by atoms with van der Waals surface area (Å²) in [6.45, 7) is -1.22. The molecule has 11 amide bonds.